The van der Waals surface area contributed by atoms with Crippen LogP contribution in [0.4, 0.5) is 0 Å². The van der Waals surface area contributed by atoms with Gasteiger partial charge in [0.1, 0.15) is 0 Å². The molecule has 0 fully saturated rings. The molecule has 2 aromatic carbocycles. The van der Waals surface area contributed by atoms with E-state index in [2.05, 4.69) is 39.1 Å². The van der Waals surface area contributed by atoms with Gasteiger partial charge in [0.05, 0.1) is 21.4 Å². The Morgan fingerprint density at radius 1 is 0.686 bits per heavy atom. The summed E-state index contributed by atoms with van der Waals surface area (Å²) in [5, 5.41) is 21.7. The summed E-state index contributed by atoms with van der Waals surface area (Å²) in [7, 11) is 0. The van der Waals surface area contributed by atoms with Gasteiger partial charge in [0.25, 0.3) is 0 Å². The summed E-state index contributed by atoms with van der Waals surface area (Å²) in [4.78, 5) is 21.7. The van der Waals surface area contributed by atoms with Gasteiger partial charge in [-0.2, -0.15) is 25.3 Å². The van der Waals surface area contributed by atoms with Crippen molar-refractivity contribution < 1.29 is 19.8 Å². The Balaban J connectivity index is 0.000000506. The molecule has 0 N–H and O–H groups in total. The van der Waals surface area contributed by atoms with E-state index in [1.165, 1.54) is 25.7 Å². The van der Waals surface area contributed by atoms with Crippen molar-refractivity contribution in [2.75, 3.05) is 0 Å². The minimum atomic E-state index is -1.17. The van der Waals surface area contributed by atoms with Crippen LogP contribution in [0.2, 0.25) is 8.87 Å². The van der Waals surface area contributed by atoms with E-state index >= 15 is 0 Å². The van der Waals surface area contributed by atoms with Crippen molar-refractivity contribution in [3.63, 3.8) is 0 Å². The number of rotatable bonds is 12. The van der Waals surface area contributed by atoms with E-state index in [0.29, 0.717) is 24.0 Å². The summed E-state index contributed by atoms with van der Waals surface area (Å²) in [6, 6.07) is 17.8. The number of carboxylic acids is 2. The predicted octanol–water partition coefficient (Wildman–Crippen LogP) is 5.07. The van der Waals surface area contributed by atoms with E-state index in [1.807, 2.05) is 12.1 Å². The van der Waals surface area contributed by atoms with Crippen molar-refractivity contribution in [2.45, 2.75) is 84.6 Å². The number of hydrogen-bond donors (Lipinski definition) is 2. The molecule has 2 rings (SSSR count). The maximum atomic E-state index is 10.9. The number of hydrogen-bond acceptors (Lipinski definition) is 6. The molecule has 0 saturated carbocycles. The molecular formula is C28H40O4S2Sn. The van der Waals surface area contributed by atoms with E-state index < -0.39 is 21.4 Å². The van der Waals surface area contributed by atoms with Crippen molar-refractivity contribution in [2.24, 2.45) is 0 Å². The first-order valence-corrected chi connectivity index (χ1v) is 17.3. The van der Waals surface area contributed by atoms with Gasteiger partial charge in [0.2, 0.25) is 0 Å². The Morgan fingerprint density at radius 2 is 1.00 bits per heavy atom. The second kappa shape index (κ2) is 19.1. The summed E-state index contributed by atoms with van der Waals surface area (Å²) in [5.74, 6) is -2.30. The van der Waals surface area contributed by atoms with Gasteiger partial charge in [-0.15, -0.1) is 0 Å². The first-order chi connectivity index (χ1) is 16.6. The molecule has 2 atom stereocenters. The second-order valence-corrected chi connectivity index (χ2v) is 14.0. The van der Waals surface area contributed by atoms with E-state index in [9.17, 15) is 19.8 Å². The van der Waals surface area contributed by atoms with Crippen LogP contribution < -0.4 is 10.2 Å². The summed E-state index contributed by atoms with van der Waals surface area (Å²) >= 11 is 8.43. The van der Waals surface area contributed by atoms with Crippen LogP contribution in [0.3, 0.4) is 0 Å². The average molecular weight is 623 g/mol. The predicted molar refractivity (Wildman–Crippen MR) is 150 cm³/mol. The molecule has 7 heteroatoms. The van der Waals surface area contributed by atoms with Crippen molar-refractivity contribution in [1.29, 1.82) is 0 Å². The molecule has 0 spiro atoms. The van der Waals surface area contributed by atoms with Crippen LogP contribution in [0.15, 0.2) is 60.7 Å². The first-order valence-electron chi connectivity index (χ1n) is 12.3. The van der Waals surface area contributed by atoms with Crippen LogP contribution >= 0.6 is 25.3 Å². The van der Waals surface area contributed by atoms with Gasteiger partial charge < -0.3 is 19.8 Å². The van der Waals surface area contributed by atoms with E-state index in [4.69, 9.17) is 0 Å². The molecule has 0 saturated heterocycles. The molecule has 0 aromatic heterocycles. The summed E-state index contributed by atoms with van der Waals surface area (Å²) in [6.45, 7) is 8.13. The van der Waals surface area contributed by atoms with Gasteiger partial charge >= 0.3 is 69.5 Å². The molecule has 2 aromatic rings. The van der Waals surface area contributed by atoms with E-state index in [1.54, 1.807) is 71.3 Å². The van der Waals surface area contributed by atoms with Crippen LogP contribution in [0, 0.1) is 0 Å². The van der Waals surface area contributed by atoms with Gasteiger partial charge in [0.15, 0.2) is 0 Å². The Labute approximate surface area is 233 Å². The van der Waals surface area contributed by atoms with E-state index in [0.717, 1.165) is 0 Å². The number of benzene rings is 2. The van der Waals surface area contributed by atoms with E-state index in [-0.39, 0.29) is 21.1 Å². The van der Waals surface area contributed by atoms with Crippen LogP contribution in [0.25, 0.3) is 0 Å². The Hall–Kier alpha value is -1.12. The third kappa shape index (κ3) is 12.1. The standard InChI is InChI=1S/2C10H12O2S.2C4H9.Sn/c2*1-2-10(13,9(11)12)8-6-4-3-5-7-8;2*1-3-4-2;/h2*3-7,13H,2H2,1H3,(H,11,12);2*1,3-4H2,2H3;/q;;;;+2/p-2. The van der Waals surface area contributed by atoms with Gasteiger partial charge in [0, 0.05) is 0 Å². The zero-order chi connectivity index (χ0) is 26.7. The molecule has 0 aliphatic heterocycles. The quantitative estimate of drug-likeness (QED) is 0.197. The summed E-state index contributed by atoms with van der Waals surface area (Å²) in [6.07, 6.45) is 6.65. The maximum absolute atomic E-state index is 10.9. The molecule has 4 nitrogen and oxygen atoms in total. The monoisotopic (exact) mass is 624 g/mol. The number of carbonyl (C=O) groups excluding carboxylic acids is 2. The van der Waals surface area contributed by atoms with Crippen molar-refractivity contribution in [1.82, 2.24) is 0 Å². The fourth-order valence-electron chi connectivity index (χ4n) is 3.09. The van der Waals surface area contributed by atoms with Gasteiger partial charge in [-0.25, -0.2) is 0 Å². The Bertz CT molecular complexity index is 766. The summed E-state index contributed by atoms with van der Waals surface area (Å²) in [5.41, 5.74) is 1.33. The fraction of sp³-hybridized carbons (Fsp3) is 0.500. The topological polar surface area (TPSA) is 80.3 Å². The molecule has 2 unspecified atom stereocenters. The zero-order valence-electron chi connectivity index (χ0n) is 21.5. The van der Waals surface area contributed by atoms with Crippen molar-refractivity contribution in [3.8, 4) is 0 Å². The zero-order valence-corrected chi connectivity index (χ0v) is 26.1. The number of thiol groups is 2. The first kappa shape index (κ1) is 33.9. The minimum absolute atomic E-state index is 0.149. The molecular weight excluding hydrogens is 583 g/mol. The Kier molecular flexibility index (Phi) is 18.4. The van der Waals surface area contributed by atoms with Crippen molar-refractivity contribution in [3.05, 3.63) is 71.8 Å². The normalized spacial score (nSPS) is 13.4. The molecule has 35 heavy (non-hydrogen) atoms. The SMILES string of the molecule is CCC(S)(C(=O)[O-])c1ccccc1.CCC(S)(C(=O)[O-])c1ccccc1.CCC[CH2][Sn+2][CH2]CCC. The van der Waals surface area contributed by atoms with Crippen LogP contribution in [0.1, 0.15) is 77.3 Å². The molecule has 0 heterocycles. The fourth-order valence-corrected chi connectivity index (χ4v) is 7.55. The van der Waals surface area contributed by atoms with Crippen LogP contribution in [-0.2, 0) is 19.1 Å². The number of unbranched alkanes of at least 4 members (excludes halogenated alkanes) is 2. The number of carbonyl (C=O) groups is 2. The molecule has 192 valence electrons. The molecule has 0 amide bonds. The van der Waals surface area contributed by atoms with Crippen LogP contribution in [0.5, 0.6) is 0 Å². The van der Waals surface area contributed by atoms with Gasteiger partial charge in [-0.1, -0.05) is 74.5 Å². The number of aliphatic carboxylic acids is 2. The number of carboxylic acid groups (broad SMARTS) is 2. The van der Waals surface area contributed by atoms with Crippen molar-refractivity contribution >= 4 is 58.3 Å². The average Bonchev–Trinajstić information content (AvgIpc) is 2.89. The van der Waals surface area contributed by atoms with Gasteiger partial charge in [-0.05, 0) is 24.0 Å². The van der Waals surface area contributed by atoms with Crippen LogP contribution in [-0.4, -0.2) is 33.1 Å². The Morgan fingerprint density at radius 3 is 1.23 bits per heavy atom. The molecule has 0 radical (unpaired) electrons. The second-order valence-electron chi connectivity index (χ2n) is 8.19. The van der Waals surface area contributed by atoms with Gasteiger partial charge in [-0.3, -0.25) is 0 Å². The third-order valence-corrected chi connectivity index (χ3v) is 11.2. The third-order valence-electron chi connectivity index (χ3n) is 5.62. The summed E-state index contributed by atoms with van der Waals surface area (Å²) < 4.78 is 0.919. The molecule has 0 aliphatic rings. The molecule has 0 aliphatic carbocycles. The molecule has 0 bridgehead atoms.